The van der Waals surface area contributed by atoms with Gasteiger partial charge >= 0.3 is 0 Å². The number of nitrogens with zero attached hydrogens (tertiary/aromatic N) is 1. The number of rotatable bonds is 6. The molecule has 0 aliphatic carbocycles. The van der Waals surface area contributed by atoms with E-state index < -0.39 is 0 Å². The van der Waals surface area contributed by atoms with Gasteiger partial charge in [-0.25, -0.2) is 0 Å². The monoisotopic (exact) mass is 402 g/mol. The zero-order chi connectivity index (χ0) is 19.2. The van der Waals surface area contributed by atoms with Crippen molar-refractivity contribution in [3.63, 3.8) is 0 Å². The van der Waals surface area contributed by atoms with Gasteiger partial charge in [0, 0.05) is 29.6 Å². The molecule has 0 spiro atoms. The van der Waals surface area contributed by atoms with Gasteiger partial charge in [0.05, 0.1) is 23.7 Å². The lowest BCUT2D eigenvalue weighted by atomic mass is 10.1. The predicted octanol–water partition coefficient (Wildman–Crippen LogP) is 3.63. The number of hydrogen-bond acceptors (Lipinski definition) is 4. The molecule has 1 N–H and O–H groups in total. The van der Waals surface area contributed by atoms with Crippen molar-refractivity contribution < 1.29 is 14.3 Å². The van der Waals surface area contributed by atoms with Crippen LogP contribution in [0.1, 0.15) is 5.56 Å². The molecule has 0 aromatic heterocycles. The lowest BCUT2D eigenvalue weighted by Crippen LogP contribution is -2.35. The number of thioether (sulfide) groups is 1. The number of ether oxygens (including phenoxy) is 1. The van der Waals surface area contributed by atoms with Gasteiger partial charge in [-0.2, -0.15) is 0 Å². The Balaban J connectivity index is 1.89. The number of methoxy groups -OCH3 is 1. The molecule has 1 aliphatic rings. The lowest BCUT2D eigenvalue weighted by Gasteiger charge is -2.30. The summed E-state index contributed by atoms with van der Waals surface area (Å²) in [6, 6.07) is 15.0. The maximum Gasteiger partial charge on any atom is 0.265 e. The number of hydrogen-bond donors (Lipinski definition) is 1. The molecule has 3 rings (SSSR count). The average Bonchev–Trinajstić information content (AvgIpc) is 2.67. The second kappa shape index (κ2) is 9.08. The normalized spacial score (nSPS) is 15.0. The van der Waals surface area contributed by atoms with E-state index in [1.807, 2.05) is 42.5 Å². The maximum atomic E-state index is 13.1. The lowest BCUT2D eigenvalue weighted by molar-refractivity contribution is -0.118. The van der Waals surface area contributed by atoms with Crippen LogP contribution < -0.4 is 10.2 Å². The quantitative estimate of drug-likeness (QED) is 0.592. The fourth-order valence-electron chi connectivity index (χ4n) is 2.66. The number of benzene rings is 2. The molecule has 0 atom stereocenters. The van der Waals surface area contributed by atoms with E-state index in [0.29, 0.717) is 29.6 Å². The first kappa shape index (κ1) is 19.5. The Bertz CT molecular complexity index is 885. The summed E-state index contributed by atoms with van der Waals surface area (Å²) in [5.74, 6) is -0.541. The molecule has 7 heteroatoms. The van der Waals surface area contributed by atoms with Crippen LogP contribution in [0.25, 0.3) is 0 Å². The molecule has 5 nitrogen and oxygen atoms in total. The van der Waals surface area contributed by atoms with Crippen molar-refractivity contribution in [2.24, 2.45) is 0 Å². The standard InChI is InChI=1S/C20H19ClN2O3S/c1-26-11-10-22-19(24)12-18-20(25)23(13-14-6-2-3-7-15(14)21)16-8-4-5-9-17(16)27-18/h2-9,12H,10-11,13H2,1H3,(H,22,24)/b18-12+. The number of para-hydroxylation sites is 1. The molecule has 140 valence electrons. The molecule has 0 bridgehead atoms. The van der Waals surface area contributed by atoms with E-state index in [-0.39, 0.29) is 11.8 Å². The second-order valence-corrected chi connectivity index (χ2v) is 7.34. The van der Waals surface area contributed by atoms with E-state index in [1.165, 1.54) is 17.8 Å². The fourth-order valence-corrected chi connectivity index (χ4v) is 3.89. The van der Waals surface area contributed by atoms with Crippen LogP contribution >= 0.6 is 23.4 Å². The first-order valence-corrected chi connectivity index (χ1v) is 9.60. The number of anilines is 1. The molecule has 0 unspecified atom stereocenters. The Hall–Kier alpha value is -2.28. The Morgan fingerprint density at radius 1 is 1.22 bits per heavy atom. The minimum Gasteiger partial charge on any atom is -0.383 e. The van der Waals surface area contributed by atoms with Crippen molar-refractivity contribution in [1.29, 1.82) is 0 Å². The number of amides is 2. The topological polar surface area (TPSA) is 58.6 Å². The van der Waals surface area contributed by atoms with Crippen LogP contribution in [0.2, 0.25) is 5.02 Å². The first-order valence-electron chi connectivity index (χ1n) is 8.41. The molecule has 2 aromatic carbocycles. The molecular formula is C20H19ClN2O3S. The van der Waals surface area contributed by atoms with Gasteiger partial charge in [0.25, 0.3) is 5.91 Å². The van der Waals surface area contributed by atoms with Gasteiger partial charge in [-0.05, 0) is 23.8 Å². The van der Waals surface area contributed by atoms with Crippen LogP contribution in [-0.2, 0) is 20.9 Å². The van der Waals surface area contributed by atoms with Crippen molar-refractivity contribution in [3.8, 4) is 0 Å². The van der Waals surface area contributed by atoms with Gasteiger partial charge in [0.15, 0.2) is 0 Å². The number of carbonyl (C=O) groups excluding carboxylic acids is 2. The Morgan fingerprint density at radius 2 is 1.96 bits per heavy atom. The predicted molar refractivity (Wildman–Crippen MR) is 108 cm³/mol. The summed E-state index contributed by atoms with van der Waals surface area (Å²) < 4.78 is 4.92. The van der Waals surface area contributed by atoms with E-state index >= 15 is 0 Å². The third-order valence-corrected chi connectivity index (χ3v) is 5.43. The SMILES string of the molecule is COCCNC(=O)/C=C1/Sc2ccccc2N(Cc2ccccc2Cl)C1=O. The number of carbonyl (C=O) groups is 2. The van der Waals surface area contributed by atoms with Crippen LogP contribution in [0.15, 0.2) is 64.4 Å². The van der Waals surface area contributed by atoms with Crippen LogP contribution in [-0.4, -0.2) is 32.1 Å². The Morgan fingerprint density at radius 3 is 2.74 bits per heavy atom. The highest BCUT2D eigenvalue weighted by molar-refractivity contribution is 8.04. The van der Waals surface area contributed by atoms with Gasteiger partial charge in [-0.15, -0.1) is 0 Å². The molecular weight excluding hydrogens is 384 g/mol. The van der Waals surface area contributed by atoms with E-state index in [4.69, 9.17) is 16.3 Å². The van der Waals surface area contributed by atoms with Crippen LogP contribution in [0.5, 0.6) is 0 Å². The van der Waals surface area contributed by atoms with E-state index in [9.17, 15) is 9.59 Å². The van der Waals surface area contributed by atoms with Crippen molar-refractivity contribution in [1.82, 2.24) is 5.32 Å². The highest BCUT2D eigenvalue weighted by Crippen LogP contribution is 2.42. The summed E-state index contributed by atoms with van der Waals surface area (Å²) in [7, 11) is 1.56. The molecule has 2 aromatic rings. The summed E-state index contributed by atoms with van der Waals surface area (Å²) >= 11 is 7.57. The van der Waals surface area contributed by atoms with Gasteiger partial charge in [0.2, 0.25) is 5.91 Å². The Labute approximate surface area is 167 Å². The molecule has 0 saturated heterocycles. The van der Waals surface area contributed by atoms with Gasteiger partial charge in [-0.1, -0.05) is 53.7 Å². The van der Waals surface area contributed by atoms with Crippen molar-refractivity contribution in [3.05, 3.63) is 70.1 Å². The third-order valence-electron chi connectivity index (χ3n) is 3.99. The molecule has 2 amide bonds. The minimum atomic E-state index is -0.319. The molecule has 0 fully saturated rings. The van der Waals surface area contributed by atoms with Crippen molar-refractivity contribution >= 4 is 40.9 Å². The summed E-state index contributed by atoms with van der Waals surface area (Å²) in [6.07, 6.45) is 1.35. The minimum absolute atomic E-state index is 0.222. The number of halogens is 1. The van der Waals surface area contributed by atoms with Crippen LogP contribution in [0.4, 0.5) is 5.69 Å². The number of fused-ring (bicyclic) bond motifs is 1. The van der Waals surface area contributed by atoms with E-state index in [2.05, 4.69) is 5.32 Å². The number of nitrogens with one attached hydrogen (secondary N) is 1. The van der Waals surface area contributed by atoms with Gasteiger partial charge < -0.3 is 15.0 Å². The zero-order valence-corrected chi connectivity index (χ0v) is 16.3. The zero-order valence-electron chi connectivity index (χ0n) is 14.8. The third kappa shape index (κ3) is 4.71. The van der Waals surface area contributed by atoms with Crippen LogP contribution in [0, 0.1) is 0 Å². The molecule has 0 saturated carbocycles. The second-order valence-electron chi connectivity index (χ2n) is 5.84. The molecule has 1 heterocycles. The molecule has 0 radical (unpaired) electrons. The largest absolute Gasteiger partial charge is 0.383 e. The highest BCUT2D eigenvalue weighted by Gasteiger charge is 2.30. The summed E-state index contributed by atoms with van der Waals surface area (Å²) in [5, 5.41) is 3.30. The first-order chi connectivity index (χ1) is 13.1. The summed E-state index contributed by atoms with van der Waals surface area (Å²) in [5.41, 5.74) is 1.66. The van der Waals surface area contributed by atoms with Crippen molar-refractivity contribution in [2.75, 3.05) is 25.2 Å². The highest BCUT2D eigenvalue weighted by atomic mass is 35.5. The summed E-state index contributed by atoms with van der Waals surface area (Å²) in [6.45, 7) is 1.13. The van der Waals surface area contributed by atoms with Gasteiger partial charge in [-0.3, -0.25) is 9.59 Å². The van der Waals surface area contributed by atoms with Crippen LogP contribution in [0.3, 0.4) is 0 Å². The maximum absolute atomic E-state index is 13.1. The Kier molecular flexibility index (Phi) is 6.55. The molecule has 27 heavy (non-hydrogen) atoms. The van der Waals surface area contributed by atoms with E-state index in [0.717, 1.165) is 16.1 Å². The average molecular weight is 403 g/mol. The van der Waals surface area contributed by atoms with Gasteiger partial charge in [0.1, 0.15) is 0 Å². The smallest absolute Gasteiger partial charge is 0.265 e. The summed E-state index contributed by atoms with van der Waals surface area (Å²) in [4.78, 5) is 28.1. The molecule has 1 aliphatic heterocycles. The fraction of sp³-hybridized carbons (Fsp3) is 0.200. The van der Waals surface area contributed by atoms with Crippen molar-refractivity contribution in [2.45, 2.75) is 11.4 Å². The van der Waals surface area contributed by atoms with E-state index in [1.54, 1.807) is 18.1 Å².